The van der Waals surface area contributed by atoms with Gasteiger partial charge < -0.3 is 9.84 Å². The molecule has 0 bridgehead atoms. The molecule has 2 rings (SSSR count). The topological polar surface area (TPSA) is 49.8 Å². The van der Waals surface area contributed by atoms with Gasteiger partial charge in [-0.15, -0.1) is 0 Å². The summed E-state index contributed by atoms with van der Waals surface area (Å²) in [5, 5.41) is 8.59. The Balaban J connectivity index is 1.67. The highest BCUT2D eigenvalue weighted by atomic mass is 16.5. The van der Waals surface area contributed by atoms with Crippen LogP contribution in [0.1, 0.15) is 39.5 Å². The van der Waals surface area contributed by atoms with Gasteiger partial charge in [-0.25, -0.2) is 4.79 Å². The molecule has 4 nitrogen and oxygen atoms in total. The van der Waals surface area contributed by atoms with Crippen LogP contribution >= 0.6 is 0 Å². The number of hydrogen-bond acceptors (Lipinski definition) is 3. The summed E-state index contributed by atoms with van der Waals surface area (Å²) in [4.78, 5) is 12.9. The lowest BCUT2D eigenvalue weighted by molar-refractivity contribution is -0.169. The Morgan fingerprint density at radius 3 is 2.65 bits per heavy atom. The zero-order valence-corrected chi connectivity index (χ0v) is 10.8. The molecule has 1 unspecified atom stereocenters. The smallest absolute Gasteiger partial charge is 0.329 e. The van der Waals surface area contributed by atoms with Gasteiger partial charge >= 0.3 is 5.97 Å². The number of carbonyl (C=O) groups is 1. The number of likely N-dealkylation sites (tertiary alicyclic amines) is 1. The average Bonchev–Trinajstić information content (AvgIpc) is 2.16. The second-order valence-corrected chi connectivity index (χ2v) is 5.92. The lowest BCUT2D eigenvalue weighted by Gasteiger charge is -2.51. The van der Waals surface area contributed by atoms with Crippen LogP contribution in [0.4, 0.5) is 0 Å². The lowest BCUT2D eigenvalue weighted by atomic mass is 9.80. The second-order valence-electron chi connectivity index (χ2n) is 5.92. The second kappa shape index (κ2) is 4.94. The minimum atomic E-state index is -0.882. The summed E-state index contributed by atoms with van der Waals surface area (Å²) in [7, 11) is 0. The molecular formula is C13H23NO3. The Labute approximate surface area is 103 Å². The number of rotatable bonds is 6. The quantitative estimate of drug-likeness (QED) is 0.769. The molecule has 0 aromatic rings. The number of nitrogens with zero attached hydrogens (tertiary/aromatic N) is 1. The number of carboxylic acid groups (broad SMARTS) is 1. The Bertz CT molecular complexity index is 282. The van der Waals surface area contributed by atoms with Crippen molar-refractivity contribution in [3.8, 4) is 0 Å². The predicted molar refractivity (Wildman–Crippen MR) is 65.0 cm³/mol. The van der Waals surface area contributed by atoms with E-state index in [1.165, 1.54) is 25.7 Å². The molecule has 1 saturated heterocycles. The number of hydrogen-bond donors (Lipinski definition) is 1. The largest absolute Gasteiger partial charge is 0.480 e. The highest BCUT2D eigenvalue weighted by molar-refractivity contribution is 5.68. The van der Waals surface area contributed by atoms with Gasteiger partial charge in [-0.2, -0.15) is 0 Å². The van der Waals surface area contributed by atoms with Crippen molar-refractivity contribution in [1.29, 1.82) is 0 Å². The van der Waals surface area contributed by atoms with Crippen molar-refractivity contribution in [3.05, 3.63) is 0 Å². The molecule has 0 amide bonds. The molecule has 1 saturated carbocycles. The van der Waals surface area contributed by atoms with Crippen LogP contribution in [0.5, 0.6) is 0 Å². The van der Waals surface area contributed by atoms with E-state index in [1.54, 1.807) is 0 Å². The van der Waals surface area contributed by atoms with E-state index in [1.807, 2.05) is 6.92 Å². The van der Waals surface area contributed by atoms with Crippen LogP contribution in [-0.4, -0.2) is 47.3 Å². The molecular weight excluding hydrogens is 218 g/mol. The molecule has 2 fully saturated rings. The molecule has 0 radical (unpaired) electrons. The van der Waals surface area contributed by atoms with Crippen LogP contribution in [0.2, 0.25) is 0 Å². The molecule has 4 heteroatoms. The third-order valence-corrected chi connectivity index (χ3v) is 4.14. The van der Waals surface area contributed by atoms with E-state index in [4.69, 9.17) is 9.84 Å². The third kappa shape index (κ3) is 3.19. The van der Waals surface area contributed by atoms with Gasteiger partial charge in [0.15, 0.2) is 0 Å². The van der Waals surface area contributed by atoms with Crippen LogP contribution in [0, 0.1) is 5.92 Å². The van der Waals surface area contributed by atoms with Crippen LogP contribution in [0.3, 0.4) is 0 Å². The van der Waals surface area contributed by atoms with Crippen LogP contribution in [-0.2, 0) is 9.53 Å². The van der Waals surface area contributed by atoms with E-state index in [2.05, 4.69) is 11.8 Å². The first-order valence-corrected chi connectivity index (χ1v) is 6.58. The van der Waals surface area contributed by atoms with E-state index >= 15 is 0 Å². The minimum absolute atomic E-state index is 0.179. The summed E-state index contributed by atoms with van der Waals surface area (Å²) >= 11 is 0. The van der Waals surface area contributed by atoms with E-state index < -0.39 is 5.97 Å². The highest BCUT2D eigenvalue weighted by Gasteiger charge is 2.42. The molecule has 98 valence electrons. The fraction of sp³-hybridized carbons (Fsp3) is 0.923. The monoisotopic (exact) mass is 241 g/mol. The predicted octanol–water partition coefficient (Wildman–Crippen LogP) is 1.74. The average molecular weight is 241 g/mol. The lowest BCUT2D eigenvalue weighted by Crippen LogP contribution is -2.64. The van der Waals surface area contributed by atoms with Crippen molar-refractivity contribution in [2.24, 2.45) is 5.92 Å². The number of carboxylic acids is 1. The first kappa shape index (κ1) is 12.8. The number of ether oxygens (including phenoxy) is 1. The van der Waals surface area contributed by atoms with Gasteiger partial charge in [0.05, 0.1) is 5.60 Å². The zero-order valence-electron chi connectivity index (χ0n) is 10.8. The molecule has 17 heavy (non-hydrogen) atoms. The summed E-state index contributed by atoms with van der Waals surface area (Å²) in [6.07, 6.45) is 5.47. The Morgan fingerprint density at radius 1 is 1.53 bits per heavy atom. The molecule has 0 spiro atoms. The van der Waals surface area contributed by atoms with Gasteiger partial charge in [-0.1, -0.05) is 19.3 Å². The van der Waals surface area contributed by atoms with Gasteiger partial charge in [0.1, 0.15) is 6.61 Å². The van der Waals surface area contributed by atoms with E-state index in [-0.39, 0.29) is 12.2 Å². The van der Waals surface area contributed by atoms with E-state index in [0.29, 0.717) is 6.04 Å². The van der Waals surface area contributed by atoms with Crippen molar-refractivity contribution < 1.29 is 14.6 Å². The van der Waals surface area contributed by atoms with Gasteiger partial charge in [0.2, 0.25) is 0 Å². The maximum absolute atomic E-state index is 10.5. The summed E-state index contributed by atoms with van der Waals surface area (Å²) in [5.74, 6) is 0.0454. The Kier molecular flexibility index (Phi) is 3.73. The minimum Gasteiger partial charge on any atom is -0.480 e. The molecule has 0 aromatic heterocycles. The fourth-order valence-electron chi connectivity index (χ4n) is 2.81. The van der Waals surface area contributed by atoms with Gasteiger partial charge in [0.25, 0.3) is 0 Å². The molecule has 1 aliphatic heterocycles. The fourth-order valence-corrected chi connectivity index (χ4v) is 2.81. The van der Waals surface area contributed by atoms with Crippen molar-refractivity contribution >= 4 is 5.97 Å². The maximum Gasteiger partial charge on any atom is 0.329 e. The zero-order chi connectivity index (χ0) is 12.5. The van der Waals surface area contributed by atoms with Crippen molar-refractivity contribution in [2.45, 2.75) is 51.2 Å². The molecule has 1 atom stereocenters. The molecule has 1 heterocycles. The summed E-state index contributed by atoms with van der Waals surface area (Å²) in [6.45, 7) is 5.83. The van der Waals surface area contributed by atoms with Gasteiger partial charge in [0, 0.05) is 19.1 Å². The van der Waals surface area contributed by atoms with Crippen LogP contribution in [0.25, 0.3) is 0 Å². The van der Waals surface area contributed by atoms with Crippen LogP contribution in [0.15, 0.2) is 0 Å². The van der Waals surface area contributed by atoms with Gasteiger partial charge in [-0.05, 0) is 26.2 Å². The first-order valence-electron chi connectivity index (χ1n) is 6.58. The summed E-state index contributed by atoms with van der Waals surface area (Å²) in [6, 6.07) is 0.613. The van der Waals surface area contributed by atoms with Crippen molar-refractivity contribution in [1.82, 2.24) is 4.90 Å². The van der Waals surface area contributed by atoms with Crippen molar-refractivity contribution in [2.75, 3.05) is 19.7 Å². The normalized spacial score (nSPS) is 26.0. The first-order chi connectivity index (χ1) is 7.98. The summed E-state index contributed by atoms with van der Waals surface area (Å²) < 4.78 is 5.41. The van der Waals surface area contributed by atoms with Crippen LogP contribution < -0.4 is 0 Å². The molecule has 0 aromatic carbocycles. The third-order valence-electron chi connectivity index (χ3n) is 4.14. The molecule has 1 aliphatic carbocycles. The van der Waals surface area contributed by atoms with E-state index in [9.17, 15) is 4.79 Å². The standard InChI is InChI=1S/C13H23NO3/c1-10(6-11-4-3-5-11)14-8-13(2,9-14)17-7-12(15)16/h10-11H,3-9H2,1-2H3,(H,15,16). The maximum atomic E-state index is 10.5. The van der Waals surface area contributed by atoms with Gasteiger partial charge in [-0.3, -0.25) is 4.90 Å². The van der Waals surface area contributed by atoms with Crippen molar-refractivity contribution in [3.63, 3.8) is 0 Å². The Hall–Kier alpha value is -0.610. The molecule has 1 N–H and O–H groups in total. The number of aliphatic carboxylic acids is 1. The summed E-state index contributed by atoms with van der Waals surface area (Å²) in [5.41, 5.74) is -0.244. The highest BCUT2D eigenvalue weighted by Crippen LogP contribution is 2.34. The SMILES string of the molecule is CC(CC1CCC1)N1CC(C)(OCC(=O)O)C1. The molecule has 2 aliphatic rings. The van der Waals surface area contributed by atoms with E-state index in [0.717, 1.165) is 19.0 Å². The Morgan fingerprint density at radius 2 is 2.18 bits per heavy atom.